The molecule has 0 amide bonds. The number of hydrogen-bond acceptors (Lipinski definition) is 3. The van der Waals surface area contributed by atoms with E-state index in [1.807, 2.05) is 6.07 Å². The van der Waals surface area contributed by atoms with E-state index in [-0.39, 0.29) is 0 Å². The maximum atomic E-state index is 6.26. The van der Waals surface area contributed by atoms with E-state index in [9.17, 15) is 0 Å². The molecule has 1 aliphatic heterocycles. The summed E-state index contributed by atoms with van der Waals surface area (Å²) in [5, 5.41) is 7.61. The lowest BCUT2D eigenvalue weighted by atomic mass is 10.1. The van der Waals surface area contributed by atoms with E-state index in [4.69, 9.17) is 11.6 Å². The third-order valence-corrected chi connectivity index (χ3v) is 3.42. The molecule has 0 unspecified atom stereocenters. The maximum absolute atomic E-state index is 6.26. The van der Waals surface area contributed by atoms with Gasteiger partial charge < -0.3 is 10.6 Å². The second-order valence-electron chi connectivity index (χ2n) is 4.64. The molecular weight excluding hydrogens is 234 g/mol. The molecule has 1 fully saturated rings. The van der Waals surface area contributed by atoms with Crippen molar-refractivity contribution in [1.82, 2.24) is 10.2 Å². The van der Waals surface area contributed by atoms with Crippen LogP contribution in [0.4, 0.5) is 5.69 Å². The summed E-state index contributed by atoms with van der Waals surface area (Å²) in [6.45, 7) is 9.36. The minimum atomic E-state index is 0.817. The highest BCUT2D eigenvalue weighted by atomic mass is 35.5. The fourth-order valence-electron chi connectivity index (χ4n) is 2.20. The van der Waals surface area contributed by atoms with Gasteiger partial charge in [-0.3, -0.25) is 4.90 Å². The molecule has 17 heavy (non-hydrogen) atoms. The second kappa shape index (κ2) is 5.71. The summed E-state index contributed by atoms with van der Waals surface area (Å²) in [5.41, 5.74) is 3.49. The Kier molecular flexibility index (Phi) is 4.26. The zero-order valence-electron chi connectivity index (χ0n) is 10.5. The van der Waals surface area contributed by atoms with Crippen LogP contribution in [0.5, 0.6) is 0 Å². The third-order valence-electron chi connectivity index (χ3n) is 3.12. The van der Waals surface area contributed by atoms with Gasteiger partial charge in [-0.15, -0.1) is 0 Å². The van der Waals surface area contributed by atoms with Crippen molar-refractivity contribution in [3.63, 3.8) is 0 Å². The Bertz CT molecular complexity index is 363. The van der Waals surface area contributed by atoms with E-state index in [2.05, 4.69) is 35.4 Å². The van der Waals surface area contributed by atoms with Gasteiger partial charge in [-0.05, 0) is 31.0 Å². The maximum Gasteiger partial charge on any atom is 0.0679 e. The van der Waals surface area contributed by atoms with Crippen LogP contribution in [-0.2, 0) is 0 Å². The van der Waals surface area contributed by atoms with Gasteiger partial charge in [0.05, 0.1) is 17.4 Å². The van der Waals surface area contributed by atoms with Crippen molar-refractivity contribution < 1.29 is 0 Å². The molecule has 0 aliphatic carbocycles. The van der Waals surface area contributed by atoms with Gasteiger partial charge in [-0.1, -0.05) is 17.7 Å². The fraction of sp³-hybridized carbons (Fsp3) is 0.538. The molecule has 94 valence electrons. The zero-order chi connectivity index (χ0) is 12.3. The molecule has 2 rings (SSSR count). The highest BCUT2D eigenvalue weighted by Crippen LogP contribution is 2.27. The van der Waals surface area contributed by atoms with Crippen molar-refractivity contribution in [3.8, 4) is 0 Å². The van der Waals surface area contributed by atoms with Crippen LogP contribution >= 0.6 is 11.6 Å². The molecule has 2 N–H and O–H groups in total. The van der Waals surface area contributed by atoms with E-state index in [0.29, 0.717) is 0 Å². The molecule has 1 aliphatic rings. The van der Waals surface area contributed by atoms with E-state index in [1.165, 1.54) is 11.1 Å². The number of nitrogens with one attached hydrogen (secondary N) is 2. The standard InChI is InChI=1S/C13H20ClN3/c1-10-7-11(2)13(12(14)8-10)16-9-17-5-3-15-4-6-17/h7-8,15-16H,3-6,9H2,1-2H3. The molecule has 0 bridgehead atoms. The van der Waals surface area contributed by atoms with Crippen molar-refractivity contribution >= 4 is 17.3 Å². The lowest BCUT2D eigenvalue weighted by molar-refractivity contribution is 0.256. The number of nitrogens with zero attached hydrogens (tertiary/aromatic N) is 1. The minimum absolute atomic E-state index is 0.817. The van der Waals surface area contributed by atoms with Crippen LogP contribution in [0.3, 0.4) is 0 Å². The highest BCUT2D eigenvalue weighted by molar-refractivity contribution is 6.33. The van der Waals surface area contributed by atoms with Crippen LogP contribution in [0, 0.1) is 13.8 Å². The number of aryl methyl sites for hydroxylation is 2. The van der Waals surface area contributed by atoms with Crippen LogP contribution in [0.25, 0.3) is 0 Å². The first kappa shape index (κ1) is 12.7. The molecule has 1 aromatic carbocycles. The van der Waals surface area contributed by atoms with Gasteiger partial charge in [0.2, 0.25) is 0 Å². The van der Waals surface area contributed by atoms with Crippen LogP contribution in [0.15, 0.2) is 12.1 Å². The van der Waals surface area contributed by atoms with Crippen LogP contribution in [0.1, 0.15) is 11.1 Å². The average molecular weight is 254 g/mol. The molecule has 0 saturated carbocycles. The Morgan fingerprint density at radius 3 is 2.65 bits per heavy atom. The SMILES string of the molecule is Cc1cc(C)c(NCN2CCNCC2)c(Cl)c1. The predicted molar refractivity (Wildman–Crippen MR) is 73.9 cm³/mol. The van der Waals surface area contributed by atoms with Gasteiger partial charge in [0.25, 0.3) is 0 Å². The van der Waals surface area contributed by atoms with Gasteiger partial charge in [0.1, 0.15) is 0 Å². The molecule has 0 aromatic heterocycles. The first-order valence-electron chi connectivity index (χ1n) is 6.10. The van der Waals surface area contributed by atoms with Crippen molar-refractivity contribution in [1.29, 1.82) is 0 Å². The molecule has 0 atom stereocenters. The average Bonchev–Trinajstić information content (AvgIpc) is 2.29. The molecule has 1 heterocycles. The molecule has 4 heteroatoms. The smallest absolute Gasteiger partial charge is 0.0679 e. The van der Waals surface area contributed by atoms with Gasteiger partial charge in [-0.25, -0.2) is 0 Å². The van der Waals surface area contributed by atoms with Crippen molar-refractivity contribution in [2.75, 3.05) is 38.2 Å². The largest absolute Gasteiger partial charge is 0.371 e. The van der Waals surface area contributed by atoms with Gasteiger partial charge in [0.15, 0.2) is 0 Å². The summed E-state index contributed by atoms with van der Waals surface area (Å²) in [7, 11) is 0. The van der Waals surface area contributed by atoms with Crippen LogP contribution in [-0.4, -0.2) is 37.7 Å². The summed E-state index contributed by atoms with van der Waals surface area (Å²) < 4.78 is 0. The second-order valence-corrected chi connectivity index (χ2v) is 5.05. The van der Waals surface area contributed by atoms with E-state index < -0.39 is 0 Å². The number of benzene rings is 1. The minimum Gasteiger partial charge on any atom is -0.371 e. The number of anilines is 1. The molecule has 3 nitrogen and oxygen atoms in total. The lowest BCUT2D eigenvalue weighted by Gasteiger charge is -2.28. The Labute approximate surface area is 108 Å². The Morgan fingerprint density at radius 2 is 2.00 bits per heavy atom. The molecule has 1 aromatic rings. The lowest BCUT2D eigenvalue weighted by Crippen LogP contribution is -2.45. The Hall–Kier alpha value is -0.770. The summed E-state index contributed by atoms with van der Waals surface area (Å²) >= 11 is 6.26. The summed E-state index contributed by atoms with van der Waals surface area (Å²) in [6, 6.07) is 4.17. The monoisotopic (exact) mass is 253 g/mol. The van der Waals surface area contributed by atoms with Gasteiger partial charge in [-0.2, -0.15) is 0 Å². The summed E-state index contributed by atoms with van der Waals surface area (Å²) in [4.78, 5) is 2.39. The fourth-order valence-corrected chi connectivity index (χ4v) is 2.59. The molecule has 1 saturated heterocycles. The third kappa shape index (κ3) is 3.35. The normalized spacial score (nSPS) is 17.1. The topological polar surface area (TPSA) is 27.3 Å². The van der Waals surface area contributed by atoms with Gasteiger partial charge >= 0.3 is 0 Å². The molecule has 0 radical (unpaired) electrons. The van der Waals surface area contributed by atoms with Crippen LogP contribution in [0.2, 0.25) is 5.02 Å². The van der Waals surface area contributed by atoms with E-state index in [0.717, 1.165) is 43.6 Å². The van der Waals surface area contributed by atoms with Crippen molar-refractivity contribution in [2.45, 2.75) is 13.8 Å². The van der Waals surface area contributed by atoms with Crippen molar-refractivity contribution in [3.05, 3.63) is 28.3 Å². The highest BCUT2D eigenvalue weighted by Gasteiger charge is 2.10. The quantitative estimate of drug-likeness (QED) is 0.865. The van der Waals surface area contributed by atoms with Crippen LogP contribution < -0.4 is 10.6 Å². The number of piperazine rings is 1. The zero-order valence-corrected chi connectivity index (χ0v) is 11.3. The summed E-state index contributed by atoms with van der Waals surface area (Å²) in [6.07, 6.45) is 0. The number of hydrogen-bond donors (Lipinski definition) is 2. The molecular formula is C13H20ClN3. The number of rotatable bonds is 3. The number of halogens is 1. The van der Waals surface area contributed by atoms with Crippen molar-refractivity contribution in [2.24, 2.45) is 0 Å². The van der Waals surface area contributed by atoms with E-state index >= 15 is 0 Å². The summed E-state index contributed by atoms with van der Waals surface area (Å²) in [5.74, 6) is 0. The Balaban J connectivity index is 1.98. The predicted octanol–water partition coefficient (Wildman–Crippen LogP) is 2.23. The first-order chi connectivity index (χ1) is 8.16. The van der Waals surface area contributed by atoms with Gasteiger partial charge in [0, 0.05) is 26.2 Å². The Morgan fingerprint density at radius 1 is 1.29 bits per heavy atom. The van der Waals surface area contributed by atoms with E-state index in [1.54, 1.807) is 0 Å². The molecule has 0 spiro atoms. The first-order valence-corrected chi connectivity index (χ1v) is 6.48.